The number of aliphatic carboxylic acids is 1. The maximum atomic E-state index is 13.3. The molecular weight excluding hydrogens is 236 g/mol. The maximum Gasteiger partial charge on any atom is 1.00 e. The van der Waals surface area contributed by atoms with Crippen molar-refractivity contribution in [1.82, 2.24) is 4.90 Å². The van der Waals surface area contributed by atoms with Gasteiger partial charge >= 0.3 is 29.6 Å². The van der Waals surface area contributed by atoms with Gasteiger partial charge in [-0.25, -0.2) is 4.39 Å². The molecule has 0 rings (SSSR count). The van der Waals surface area contributed by atoms with Gasteiger partial charge in [-0.1, -0.05) is 32.6 Å². The van der Waals surface area contributed by atoms with E-state index in [4.69, 9.17) is 0 Å². The molecule has 0 fully saturated rings. The number of carbonyl (C=O) groups excluding carboxylic acids is 2. The number of unbranched alkanes of at least 4 members (excludes halogenated alkanes) is 3. The van der Waals surface area contributed by atoms with Crippen LogP contribution in [0.25, 0.3) is 0 Å². The van der Waals surface area contributed by atoms with Crippen LogP contribution in [0.2, 0.25) is 0 Å². The standard InChI is InChI=1S/C11H20FNO3.Na/c1-3-4-5-6-7-9(12)11(16)13(2)8-10(14)15;/h9H,3-8H2,1-2H3,(H,14,15);/q;+1/p-1. The number of carboxylic acid groups (broad SMARTS) is 1. The summed E-state index contributed by atoms with van der Waals surface area (Å²) in [6.07, 6.45) is 2.19. The van der Waals surface area contributed by atoms with Gasteiger partial charge in [0.05, 0.1) is 12.5 Å². The molecule has 94 valence electrons. The number of halogens is 1. The molecule has 0 saturated heterocycles. The average Bonchev–Trinajstić information content (AvgIpc) is 2.22. The minimum absolute atomic E-state index is 0. The number of carbonyl (C=O) groups is 2. The number of alkyl halides is 1. The summed E-state index contributed by atoms with van der Waals surface area (Å²) in [5, 5.41) is 10.2. The Balaban J connectivity index is 0. The molecule has 0 saturated carbocycles. The summed E-state index contributed by atoms with van der Waals surface area (Å²) in [6.45, 7) is 1.49. The number of amides is 1. The molecule has 1 atom stereocenters. The molecule has 0 aromatic heterocycles. The van der Waals surface area contributed by atoms with Gasteiger partial charge in [0.15, 0.2) is 6.17 Å². The summed E-state index contributed by atoms with van der Waals surface area (Å²) < 4.78 is 13.3. The first-order valence-corrected chi connectivity index (χ1v) is 5.58. The zero-order valence-electron chi connectivity index (χ0n) is 10.9. The number of hydrogen-bond acceptors (Lipinski definition) is 3. The van der Waals surface area contributed by atoms with Gasteiger partial charge in [-0.2, -0.15) is 0 Å². The van der Waals surface area contributed by atoms with E-state index in [0.717, 1.165) is 24.2 Å². The molecule has 0 radical (unpaired) electrons. The first-order chi connectivity index (χ1) is 7.49. The zero-order valence-corrected chi connectivity index (χ0v) is 12.9. The summed E-state index contributed by atoms with van der Waals surface area (Å²) in [5.74, 6) is -2.16. The minimum atomic E-state index is -1.60. The number of rotatable bonds is 8. The molecule has 1 unspecified atom stereocenters. The van der Waals surface area contributed by atoms with Crippen molar-refractivity contribution in [1.29, 1.82) is 0 Å². The molecule has 0 N–H and O–H groups in total. The van der Waals surface area contributed by atoms with Gasteiger partial charge in [-0.05, 0) is 6.42 Å². The van der Waals surface area contributed by atoms with Crippen molar-refractivity contribution < 1.29 is 48.6 Å². The summed E-state index contributed by atoms with van der Waals surface area (Å²) >= 11 is 0. The third kappa shape index (κ3) is 9.56. The van der Waals surface area contributed by atoms with E-state index >= 15 is 0 Å². The van der Waals surface area contributed by atoms with Crippen LogP contribution in [-0.2, 0) is 9.59 Å². The maximum absolute atomic E-state index is 13.3. The van der Waals surface area contributed by atoms with Gasteiger partial charge in [0.2, 0.25) is 0 Å². The first kappa shape index (κ1) is 19.2. The molecule has 0 spiro atoms. The summed E-state index contributed by atoms with van der Waals surface area (Å²) in [5.41, 5.74) is 0. The van der Waals surface area contributed by atoms with E-state index in [0.29, 0.717) is 6.42 Å². The SMILES string of the molecule is CCCCCCC(F)C(=O)N(C)CC(=O)[O-].[Na+]. The van der Waals surface area contributed by atoms with Crippen LogP contribution >= 0.6 is 0 Å². The van der Waals surface area contributed by atoms with Gasteiger partial charge < -0.3 is 14.8 Å². The molecule has 0 aliphatic rings. The zero-order chi connectivity index (χ0) is 12.6. The summed E-state index contributed by atoms with van der Waals surface area (Å²) in [6, 6.07) is 0. The van der Waals surface area contributed by atoms with Crippen LogP contribution in [0.15, 0.2) is 0 Å². The van der Waals surface area contributed by atoms with Crippen molar-refractivity contribution in [2.45, 2.75) is 45.2 Å². The number of nitrogens with zero attached hydrogens (tertiary/aromatic N) is 1. The second-order valence-corrected chi connectivity index (χ2v) is 3.88. The molecule has 0 heterocycles. The van der Waals surface area contributed by atoms with Gasteiger partial charge in [-0.15, -0.1) is 0 Å². The third-order valence-electron chi connectivity index (χ3n) is 2.32. The Morgan fingerprint density at radius 1 is 1.29 bits per heavy atom. The Bertz CT molecular complexity index is 239. The van der Waals surface area contributed by atoms with Crippen molar-refractivity contribution >= 4 is 11.9 Å². The van der Waals surface area contributed by atoms with Gasteiger partial charge in [0.25, 0.3) is 5.91 Å². The van der Waals surface area contributed by atoms with E-state index < -0.39 is 24.6 Å². The Kier molecular flexibility index (Phi) is 12.4. The molecule has 0 aliphatic carbocycles. The van der Waals surface area contributed by atoms with Crippen molar-refractivity contribution in [2.24, 2.45) is 0 Å². The predicted octanol–water partition coefficient (Wildman–Crippen LogP) is -2.49. The predicted molar refractivity (Wildman–Crippen MR) is 56.3 cm³/mol. The van der Waals surface area contributed by atoms with Crippen LogP contribution in [0, 0.1) is 0 Å². The first-order valence-electron chi connectivity index (χ1n) is 5.58. The van der Waals surface area contributed by atoms with Gasteiger partial charge in [-0.3, -0.25) is 4.79 Å². The van der Waals surface area contributed by atoms with Crippen molar-refractivity contribution in [3.63, 3.8) is 0 Å². The molecule has 0 aromatic carbocycles. The van der Waals surface area contributed by atoms with Crippen LogP contribution in [0.3, 0.4) is 0 Å². The second-order valence-electron chi connectivity index (χ2n) is 3.88. The fraction of sp³-hybridized carbons (Fsp3) is 0.818. The molecule has 6 heteroatoms. The summed E-state index contributed by atoms with van der Waals surface area (Å²) in [4.78, 5) is 22.4. The molecule has 1 amide bonds. The van der Waals surface area contributed by atoms with Crippen molar-refractivity contribution in [3.05, 3.63) is 0 Å². The monoisotopic (exact) mass is 255 g/mol. The van der Waals surface area contributed by atoms with Gasteiger partial charge in [0.1, 0.15) is 0 Å². The van der Waals surface area contributed by atoms with E-state index in [-0.39, 0.29) is 36.0 Å². The van der Waals surface area contributed by atoms with Crippen molar-refractivity contribution in [2.75, 3.05) is 13.6 Å². The molecule has 0 bridgehead atoms. The normalized spacial score (nSPS) is 11.5. The van der Waals surface area contributed by atoms with E-state index in [9.17, 15) is 19.1 Å². The van der Waals surface area contributed by atoms with E-state index in [1.165, 1.54) is 7.05 Å². The minimum Gasteiger partial charge on any atom is -0.548 e. The fourth-order valence-corrected chi connectivity index (χ4v) is 1.38. The molecular formula is C11H19FNNaO3. The van der Waals surface area contributed by atoms with E-state index in [1.54, 1.807) is 0 Å². The fourth-order valence-electron chi connectivity index (χ4n) is 1.38. The largest absolute Gasteiger partial charge is 1.00 e. The van der Waals surface area contributed by atoms with Crippen molar-refractivity contribution in [3.8, 4) is 0 Å². The number of hydrogen-bond donors (Lipinski definition) is 0. The third-order valence-corrected chi connectivity index (χ3v) is 2.32. The van der Waals surface area contributed by atoms with Crippen LogP contribution in [0.4, 0.5) is 4.39 Å². The summed E-state index contributed by atoms with van der Waals surface area (Å²) in [7, 11) is 1.26. The van der Waals surface area contributed by atoms with E-state index in [2.05, 4.69) is 0 Å². The molecule has 0 aromatic rings. The molecule has 0 aliphatic heterocycles. The Labute approximate surface area is 124 Å². The van der Waals surface area contributed by atoms with Crippen LogP contribution < -0.4 is 34.7 Å². The quantitative estimate of drug-likeness (QED) is 0.356. The topological polar surface area (TPSA) is 60.4 Å². The number of carboxylic acids is 1. The van der Waals surface area contributed by atoms with Crippen LogP contribution in [0.1, 0.15) is 39.0 Å². The van der Waals surface area contributed by atoms with Crippen LogP contribution in [-0.4, -0.2) is 36.5 Å². The van der Waals surface area contributed by atoms with E-state index in [1.807, 2.05) is 6.92 Å². The Hall–Kier alpha value is -0.130. The number of likely N-dealkylation sites (N-methyl/N-ethyl adjacent to an activating group) is 1. The Morgan fingerprint density at radius 3 is 2.35 bits per heavy atom. The average molecular weight is 255 g/mol. The Morgan fingerprint density at radius 2 is 1.88 bits per heavy atom. The van der Waals surface area contributed by atoms with Gasteiger partial charge in [0, 0.05) is 7.05 Å². The second kappa shape index (κ2) is 11.0. The molecule has 17 heavy (non-hydrogen) atoms. The molecule has 4 nitrogen and oxygen atoms in total. The van der Waals surface area contributed by atoms with Crippen LogP contribution in [0.5, 0.6) is 0 Å². The smallest absolute Gasteiger partial charge is 0.548 e.